The summed E-state index contributed by atoms with van der Waals surface area (Å²) in [4.78, 5) is 11.4. The molecule has 0 fully saturated rings. The van der Waals surface area contributed by atoms with Gasteiger partial charge in [0.15, 0.2) is 0 Å². The van der Waals surface area contributed by atoms with Gasteiger partial charge in [-0.15, -0.1) is 0 Å². The summed E-state index contributed by atoms with van der Waals surface area (Å²) < 4.78 is 29.3. The number of rotatable bonds is 4. The molecule has 0 aliphatic rings. The van der Waals surface area contributed by atoms with Crippen LogP contribution in [0.5, 0.6) is 5.75 Å². The molecule has 16 heavy (non-hydrogen) atoms. The molecule has 0 aliphatic heterocycles. The molecule has 0 unspecified atom stereocenters. The van der Waals surface area contributed by atoms with Gasteiger partial charge in [-0.2, -0.15) is 0 Å². The maximum absolute atomic E-state index is 11.9. The minimum absolute atomic E-state index is 0.299. The average Bonchev–Trinajstić information content (AvgIpc) is 2.25. The molecule has 1 aromatic carbocycles. The quantitative estimate of drug-likeness (QED) is 0.926. The lowest BCUT2D eigenvalue weighted by atomic mass is 10.2. The van der Waals surface area contributed by atoms with E-state index in [0.29, 0.717) is 15.8 Å². The van der Waals surface area contributed by atoms with Crippen LogP contribution in [0.2, 0.25) is 0 Å². The van der Waals surface area contributed by atoms with E-state index in [2.05, 4.69) is 21.2 Å². The molecule has 0 saturated carbocycles. The van der Waals surface area contributed by atoms with Crippen molar-refractivity contribution in [2.45, 2.75) is 6.43 Å². The number of carbonyl (C=O) groups excluding carboxylic acids is 1. The number of carbonyl (C=O) groups is 1. The van der Waals surface area contributed by atoms with Crippen molar-refractivity contribution in [2.24, 2.45) is 0 Å². The third kappa shape index (κ3) is 3.44. The van der Waals surface area contributed by atoms with Gasteiger partial charge in [-0.1, -0.05) is 0 Å². The summed E-state index contributed by atoms with van der Waals surface area (Å²) in [6.45, 7) is -0.650. The van der Waals surface area contributed by atoms with E-state index < -0.39 is 18.9 Å². The minimum atomic E-state index is -2.55. The molecule has 0 aliphatic carbocycles. The van der Waals surface area contributed by atoms with Crippen molar-refractivity contribution in [1.82, 2.24) is 5.32 Å². The van der Waals surface area contributed by atoms with Gasteiger partial charge in [0.25, 0.3) is 12.3 Å². The van der Waals surface area contributed by atoms with Gasteiger partial charge in [0.1, 0.15) is 5.75 Å². The van der Waals surface area contributed by atoms with Crippen molar-refractivity contribution in [2.75, 3.05) is 13.7 Å². The summed E-state index contributed by atoms with van der Waals surface area (Å²) in [5.74, 6) is 0.0362. The van der Waals surface area contributed by atoms with Gasteiger partial charge in [0.2, 0.25) is 0 Å². The summed E-state index contributed by atoms with van der Waals surface area (Å²) in [7, 11) is 1.50. The summed E-state index contributed by atoms with van der Waals surface area (Å²) in [6, 6.07) is 4.60. The van der Waals surface area contributed by atoms with Gasteiger partial charge >= 0.3 is 0 Å². The molecule has 1 aromatic rings. The first-order chi connectivity index (χ1) is 7.54. The number of methoxy groups -OCH3 is 1. The van der Waals surface area contributed by atoms with Crippen LogP contribution in [0, 0.1) is 0 Å². The van der Waals surface area contributed by atoms with Gasteiger partial charge in [-0.25, -0.2) is 8.78 Å². The molecule has 6 heteroatoms. The Morgan fingerprint density at radius 1 is 1.56 bits per heavy atom. The van der Waals surface area contributed by atoms with Crippen LogP contribution in [0.3, 0.4) is 0 Å². The highest BCUT2D eigenvalue weighted by atomic mass is 79.9. The second-order valence-electron chi connectivity index (χ2n) is 2.95. The van der Waals surface area contributed by atoms with Crippen LogP contribution in [0.15, 0.2) is 22.7 Å². The van der Waals surface area contributed by atoms with Gasteiger partial charge in [-0.3, -0.25) is 4.79 Å². The number of hydrogen-bond acceptors (Lipinski definition) is 2. The number of ether oxygens (including phenoxy) is 1. The average molecular weight is 294 g/mol. The first-order valence-corrected chi connectivity index (χ1v) is 5.23. The Bertz CT molecular complexity index is 385. The zero-order valence-electron chi connectivity index (χ0n) is 8.47. The molecule has 0 spiro atoms. The van der Waals surface area contributed by atoms with Crippen molar-refractivity contribution in [3.05, 3.63) is 28.2 Å². The highest BCUT2D eigenvalue weighted by molar-refractivity contribution is 9.10. The second kappa shape index (κ2) is 5.79. The van der Waals surface area contributed by atoms with Gasteiger partial charge < -0.3 is 10.1 Å². The van der Waals surface area contributed by atoms with Crippen LogP contribution < -0.4 is 10.1 Å². The van der Waals surface area contributed by atoms with E-state index in [1.165, 1.54) is 19.2 Å². The lowest BCUT2D eigenvalue weighted by Gasteiger charge is -2.07. The predicted octanol–water partition coefficient (Wildman–Crippen LogP) is 2.45. The molecule has 1 rings (SSSR count). The van der Waals surface area contributed by atoms with E-state index in [9.17, 15) is 13.6 Å². The SMILES string of the molecule is COc1ccc(C(=O)NCC(F)F)cc1Br. The standard InChI is InChI=1S/C10H10BrF2NO2/c1-16-8-3-2-6(4-7(8)11)10(15)14-5-9(12)13/h2-4,9H,5H2,1H3,(H,14,15). The largest absolute Gasteiger partial charge is 0.496 e. The molecule has 0 atom stereocenters. The Balaban J connectivity index is 2.73. The van der Waals surface area contributed by atoms with Crippen molar-refractivity contribution in [3.8, 4) is 5.75 Å². The number of benzene rings is 1. The Kier molecular flexibility index (Phi) is 4.67. The fourth-order valence-electron chi connectivity index (χ4n) is 1.08. The van der Waals surface area contributed by atoms with Crippen molar-refractivity contribution >= 4 is 21.8 Å². The third-order valence-corrected chi connectivity index (χ3v) is 2.45. The smallest absolute Gasteiger partial charge is 0.255 e. The Morgan fingerprint density at radius 3 is 2.75 bits per heavy atom. The number of amides is 1. The lowest BCUT2D eigenvalue weighted by Crippen LogP contribution is -2.28. The molecule has 0 heterocycles. The Hall–Kier alpha value is -1.17. The summed E-state index contributed by atoms with van der Waals surface area (Å²) in [5, 5.41) is 2.11. The first kappa shape index (κ1) is 12.9. The van der Waals surface area contributed by atoms with Crippen molar-refractivity contribution in [3.63, 3.8) is 0 Å². The number of halogens is 3. The van der Waals surface area contributed by atoms with Crippen molar-refractivity contribution < 1.29 is 18.3 Å². The third-order valence-electron chi connectivity index (χ3n) is 1.83. The highest BCUT2D eigenvalue weighted by Gasteiger charge is 2.10. The van der Waals surface area contributed by atoms with E-state index in [-0.39, 0.29) is 0 Å². The Morgan fingerprint density at radius 2 is 2.25 bits per heavy atom. The van der Waals surface area contributed by atoms with Crippen LogP contribution in [-0.4, -0.2) is 26.0 Å². The molecule has 0 bridgehead atoms. The van der Waals surface area contributed by atoms with Crippen LogP contribution in [0.1, 0.15) is 10.4 Å². The first-order valence-electron chi connectivity index (χ1n) is 4.44. The summed E-state index contributed by atoms with van der Waals surface area (Å²) in [6.07, 6.45) is -2.55. The number of hydrogen-bond donors (Lipinski definition) is 1. The second-order valence-corrected chi connectivity index (χ2v) is 3.80. The zero-order chi connectivity index (χ0) is 12.1. The molecule has 1 N–H and O–H groups in total. The maximum atomic E-state index is 11.9. The van der Waals surface area contributed by atoms with Gasteiger partial charge in [0.05, 0.1) is 18.1 Å². The number of nitrogens with one attached hydrogen (secondary N) is 1. The Labute approximate surface area is 99.9 Å². The summed E-state index contributed by atoms with van der Waals surface area (Å²) in [5.41, 5.74) is 0.299. The van der Waals surface area contributed by atoms with Gasteiger partial charge in [-0.05, 0) is 34.1 Å². The molecule has 0 radical (unpaired) electrons. The monoisotopic (exact) mass is 293 g/mol. The van der Waals surface area contributed by atoms with Crippen LogP contribution in [0.25, 0.3) is 0 Å². The van der Waals surface area contributed by atoms with Gasteiger partial charge in [0, 0.05) is 5.56 Å². The summed E-state index contributed by atoms with van der Waals surface area (Å²) >= 11 is 3.20. The van der Waals surface area contributed by atoms with Crippen molar-refractivity contribution in [1.29, 1.82) is 0 Å². The molecule has 88 valence electrons. The van der Waals surface area contributed by atoms with Crippen LogP contribution in [0.4, 0.5) is 8.78 Å². The van der Waals surface area contributed by atoms with E-state index in [1.54, 1.807) is 6.07 Å². The molecule has 0 saturated heterocycles. The molecular weight excluding hydrogens is 284 g/mol. The fourth-order valence-corrected chi connectivity index (χ4v) is 1.62. The predicted molar refractivity (Wildman–Crippen MR) is 59.0 cm³/mol. The minimum Gasteiger partial charge on any atom is -0.496 e. The zero-order valence-corrected chi connectivity index (χ0v) is 10.1. The normalized spacial score (nSPS) is 10.3. The molecular formula is C10H10BrF2NO2. The topological polar surface area (TPSA) is 38.3 Å². The van der Waals surface area contributed by atoms with E-state index in [4.69, 9.17) is 4.74 Å². The van der Waals surface area contributed by atoms with E-state index in [1.807, 2.05) is 0 Å². The highest BCUT2D eigenvalue weighted by Crippen LogP contribution is 2.25. The van der Waals surface area contributed by atoms with E-state index in [0.717, 1.165) is 0 Å². The molecule has 3 nitrogen and oxygen atoms in total. The number of alkyl halides is 2. The molecule has 0 aromatic heterocycles. The van der Waals surface area contributed by atoms with E-state index >= 15 is 0 Å². The van der Waals surface area contributed by atoms with Crippen LogP contribution >= 0.6 is 15.9 Å². The maximum Gasteiger partial charge on any atom is 0.255 e. The molecule has 1 amide bonds. The van der Waals surface area contributed by atoms with Crippen LogP contribution in [-0.2, 0) is 0 Å². The lowest BCUT2D eigenvalue weighted by molar-refractivity contribution is 0.0891. The fraction of sp³-hybridized carbons (Fsp3) is 0.300.